The van der Waals surface area contributed by atoms with Gasteiger partial charge in [-0.3, -0.25) is 4.79 Å². The number of carbonyl (C=O) groups is 1. The second-order valence-corrected chi connectivity index (χ2v) is 2.02. The van der Waals surface area contributed by atoms with Crippen LogP contribution in [0.3, 0.4) is 0 Å². The summed E-state index contributed by atoms with van der Waals surface area (Å²) in [4.78, 5) is 10.5. The third kappa shape index (κ3) is 3.97. The van der Waals surface area contributed by atoms with Gasteiger partial charge in [0.25, 0.3) is 0 Å². The highest BCUT2D eigenvalue weighted by molar-refractivity contribution is 5.75. The van der Waals surface area contributed by atoms with Crippen molar-refractivity contribution in [2.24, 2.45) is 5.73 Å². The summed E-state index contributed by atoms with van der Waals surface area (Å²) < 4.78 is 0. The molecule has 0 aliphatic heterocycles. The van der Waals surface area contributed by atoms with Crippen molar-refractivity contribution in [2.45, 2.75) is 6.92 Å². The van der Waals surface area contributed by atoms with Crippen LogP contribution in [0.1, 0.15) is 6.92 Å². The lowest BCUT2D eigenvalue weighted by molar-refractivity contribution is -0.118. The predicted molar refractivity (Wildman–Crippen MR) is 45.4 cm³/mol. The van der Waals surface area contributed by atoms with Gasteiger partial charge >= 0.3 is 0 Å². The van der Waals surface area contributed by atoms with Crippen molar-refractivity contribution in [1.29, 1.82) is 0 Å². The number of allylic oxidation sites excluding steroid dienone is 2. The molecule has 0 heterocycles. The maximum Gasteiger partial charge on any atom is 0.221 e. The van der Waals surface area contributed by atoms with Crippen LogP contribution in [0.2, 0.25) is 0 Å². The summed E-state index contributed by atoms with van der Waals surface area (Å²) in [6.07, 6.45) is 3.10. The van der Waals surface area contributed by atoms with Crippen LogP contribution < -0.4 is 11.1 Å². The van der Waals surface area contributed by atoms with Crippen molar-refractivity contribution >= 4 is 5.91 Å². The summed E-state index contributed by atoms with van der Waals surface area (Å²) in [6, 6.07) is 0. The van der Waals surface area contributed by atoms with Crippen LogP contribution >= 0.6 is 0 Å². The number of hydrogen-bond donors (Lipinski definition) is 2. The zero-order chi connectivity index (χ0) is 8.85. The highest BCUT2D eigenvalue weighted by Crippen LogP contribution is 1.95. The van der Waals surface area contributed by atoms with E-state index in [0.29, 0.717) is 11.4 Å². The molecule has 0 bridgehead atoms. The quantitative estimate of drug-likeness (QED) is 0.584. The fraction of sp³-hybridized carbons (Fsp3) is 0.125. The number of amides is 1. The molecule has 11 heavy (non-hydrogen) atoms. The second-order valence-electron chi connectivity index (χ2n) is 2.02. The Morgan fingerprint density at radius 3 is 2.55 bits per heavy atom. The maximum atomic E-state index is 10.5. The SMILES string of the molecule is C=C/C=C(/N)C(=C)NC(C)=O. The molecule has 0 radical (unpaired) electrons. The van der Waals surface area contributed by atoms with Crippen LogP contribution in [0.4, 0.5) is 0 Å². The molecular weight excluding hydrogens is 140 g/mol. The van der Waals surface area contributed by atoms with E-state index < -0.39 is 0 Å². The highest BCUT2D eigenvalue weighted by Gasteiger charge is 1.97. The summed E-state index contributed by atoms with van der Waals surface area (Å²) >= 11 is 0. The van der Waals surface area contributed by atoms with E-state index in [1.807, 2.05) is 0 Å². The predicted octanol–water partition coefficient (Wildman–Crippen LogP) is 0.665. The van der Waals surface area contributed by atoms with Gasteiger partial charge in [0.2, 0.25) is 5.91 Å². The number of hydrogen-bond acceptors (Lipinski definition) is 2. The molecule has 0 saturated heterocycles. The minimum absolute atomic E-state index is 0.185. The molecule has 0 saturated carbocycles. The minimum Gasteiger partial charge on any atom is -0.397 e. The van der Waals surface area contributed by atoms with E-state index in [0.717, 1.165) is 0 Å². The normalized spacial score (nSPS) is 10.5. The Bertz CT molecular complexity index is 216. The van der Waals surface area contributed by atoms with Crippen molar-refractivity contribution in [3.8, 4) is 0 Å². The molecule has 1 amide bonds. The fourth-order valence-electron chi connectivity index (χ4n) is 0.512. The van der Waals surface area contributed by atoms with Gasteiger partial charge in [0.1, 0.15) is 0 Å². The molecule has 0 aliphatic carbocycles. The lowest BCUT2D eigenvalue weighted by Gasteiger charge is -2.04. The number of nitrogens with one attached hydrogen (secondary N) is 1. The van der Waals surface area contributed by atoms with Crippen molar-refractivity contribution in [3.63, 3.8) is 0 Å². The molecule has 0 aromatic rings. The van der Waals surface area contributed by atoms with Crippen LogP contribution in [0.15, 0.2) is 36.7 Å². The first-order chi connectivity index (χ1) is 5.07. The van der Waals surface area contributed by atoms with Gasteiger partial charge < -0.3 is 11.1 Å². The van der Waals surface area contributed by atoms with Gasteiger partial charge in [-0.2, -0.15) is 0 Å². The standard InChI is InChI=1S/C8H12N2O/c1-4-5-8(9)6(2)10-7(3)11/h4-5H,1-2,9H2,3H3,(H,10,11)/b8-5+. The van der Waals surface area contributed by atoms with Crippen LogP contribution in [0.5, 0.6) is 0 Å². The van der Waals surface area contributed by atoms with Gasteiger partial charge in [-0.05, 0) is 6.08 Å². The Morgan fingerprint density at radius 1 is 1.64 bits per heavy atom. The van der Waals surface area contributed by atoms with Crippen molar-refractivity contribution in [1.82, 2.24) is 5.32 Å². The summed E-state index contributed by atoms with van der Waals surface area (Å²) in [5.41, 5.74) is 6.26. The third-order valence-corrected chi connectivity index (χ3v) is 0.973. The zero-order valence-corrected chi connectivity index (χ0v) is 6.55. The molecule has 3 N–H and O–H groups in total. The summed E-state index contributed by atoms with van der Waals surface area (Å²) in [6.45, 7) is 8.39. The highest BCUT2D eigenvalue weighted by atomic mass is 16.1. The molecule has 0 rings (SSSR count). The molecule has 0 fully saturated rings. The molecule has 0 aromatic carbocycles. The van der Waals surface area contributed by atoms with E-state index >= 15 is 0 Å². The Morgan fingerprint density at radius 2 is 2.18 bits per heavy atom. The Balaban J connectivity index is 4.14. The van der Waals surface area contributed by atoms with Gasteiger partial charge in [0.05, 0.1) is 11.4 Å². The second kappa shape index (κ2) is 4.33. The molecular formula is C8H12N2O. The van der Waals surface area contributed by atoms with Crippen LogP contribution in [0, 0.1) is 0 Å². The summed E-state index contributed by atoms with van der Waals surface area (Å²) in [5, 5.41) is 2.45. The molecule has 3 heteroatoms. The molecule has 3 nitrogen and oxygen atoms in total. The van der Waals surface area contributed by atoms with E-state index in [9.17, 15) is 4.79 Å². The van der Waals surface area contributed by atoms with Crippen molar-refractivity contribution in [2.75, 3.05) is 0 Å². The van der Waals surface area contributed by atoms with Gasteiger partial charge in [0, 0.05) is 6.92 Å². The van der Waals surface area contributed by atoms with E-state index in [1.54, 1.807) is 6.08 Å². The number of nitrogens with two attached hydrogens (primary N) is 1. The topological polar surface area (TPSA) is 55.1 Å². The molecule has 0 aromatic heterocycles. The van der Waals surface area contributed by atoms with Gasteiger partial charge in [-0.15, -0.1) is 0 Å². The van der Waals surface area contributed by atoms with E-state index in [1.165, 1.54) is 13.0 Å². The van der Waals surface area contributed by atoms with Gasteiger partial charge in [-0.1, -0.05) is 19.2 Å². The first-order valence-corrected chi connectivity index (χ1v) is 3.13. The molecule has 0 spiro atoms. The zero-order valence-electron chi connectivity index (χ0n) is 6.55. The average Bonchev–Trinajstić information content (AvgIpc) is 1.86. The maximum absolute atomic E-state index is 10.5. The smallest absolute Gasteiger partial charge is 0.221 e. The first kappa shape index (κ1) is 9.49. The lowest BCUT2D eigenvalue weighted by Crippen LogP contribution is -2.22. The Labute approximate surface area is 66.3 Å². The molecule has 0 unspecified atom stereocenters. The van der Waals surface area contributed by atoms with E-state index in [4.69, 9.17) is 5.73 Å². The van der Waals surface area contributed by atoms with E-state index in [2.05, 4.69) is 18.5 Å². The van der Waals surface area contributed by atoms with Crippen LogP contribution in [-0.2, 0) is 4.79 Å². The number of rotatable bonds is 3. The lowest BCUT2D eigenvalue weighted by atomic mass is 10.3. The average molecular weight is 152 g/mol. The molecule has 0 atom stereocenters. The third-order valence-electron chi connectivity index (χ3n) is 0.973. The van der Waals surface area contributed by atoms with Gasteiger partial charge in [0.15, 0.2) is 0 Å². The first-order valence-electron chi connectivity index (χ1n) is 3.13. The largest absolute Gasteiger partial charge is 0.397 e. The monoisotopic (exact) mass is 152 g/mol. The van der Waals surface area contributed by atoms with Crippen molar-refractivity contribution < 1.29 is 4.79 Å². The van der Waals surface area contributed by atoms with Gasteiger partial charge in [-0.25, -0.2) is 0 Å². The van der Waals surface area contributed by atoms with Crippen molar-refractivity contribution in [3.05, 3.63) is 36.7 Å². The van der Waals surface area contributed by atoms with Crippen LogP contribution in [0.25, 0.3) is 0 Å². The molecule has 60 valence electrons. The Hall–Kier alpha value is -1.51. The fourth-order valence-corrected chi connectivity index (χ4v) is 0.512. The minimum atomic E-state index is -0.185. The van der Waals surface area contributed by atoms with E-state index in [-0.39, 0.29) is 5.91 Å². The van der Waals surface area contributed by atoms with Crippen LogP contribution in [-0.4, -0.2) is 5.91 Å². The number of carbonyl (C=O) groups excluding carboxylic acids is 1. The summed E-state index contributed by atoms with van der Waals surface area (Å²) in [7, 11) is 0. The summed E-state index contributed by atoms with van der Waals surface area (Å²) in [5.74, 6) is -0.185. The molecule has 0 aliphatic rings. The Kier molecular flexibility index (Phi) is 3.73.